The van der Waals surface area contributed by atoms with Gasteiger partial charge < -0.3 is 15.2 Å². The zero-order valence-electron chi connectivity index (χ0n) is 17.4. The minimum atomic E-state index is -4.14. The Hall–Kier alpha value is -1.88. The number of hydroxylamine groups is 1. The summed E-state index contributed by atoms with van der Waals surface area (Å²) in [6, 6.07) is 10.7. The van der Waals surface area contributed by atoms with Crippen molar-refractivity contribution in [3.63, 3.8) is 0 Å². The number of aliphatic hydroxyl groups is 1. The molecule has 3 rings (SSSR count). The van der Waals surface area contributed by atoms with Gasteiger partial charge in [0, 0.05) is 15.6 Å². The number of carbonyl (C=O) groups is 1. The van der Waals surface area contributed by atoms with Gasteiger partial charge in [0.1, 0.15) is 17.6 Å². The highest BCUT2D eigenvalue weighted by Crippen LogP contribution is 2.38. The number of sulfone groups is 1. The quantitative estimate of drug-likeness (QED) is 0.353. The topological polar surface area (TPSA) is 125 Å². The average Bonchev–Trinajstić information content (AvgIpc) is 2.74. The van der Waals surface area contributed by atoms with E-state index < -0.39 is 32.1 Å². The fourth-order valence-electron chi connectivity index (χ4n) is 3.85. The van der Waals surface area contributed by atoms with Gasteiger partial charge in [-0.05, 0) is 63.2 Å². The van der Waals surface area contributed by atoms with Crippen molar-refractivity contribution in [1.29, 1.82) is 0 Å². The van der Waals surface area contributed by atoms with Crippen molar-refractivity contribution in [3.05, 3.63) is 58.1 Å². The SMILES string of the molecule is CC1(C)NCCC(S(=O)(=O)c2ccc(OCc3ccc(Cl)cc3Cl)cc2)C1(O)C(=O)NO. The van der Waals surface area contributed by atoms with Gasteiger partial charge in [0.05, 0.1) is 10.4 Å². The van der Waals surface area contributed by atoms with Crippen LogP contribution in [-0.2, 0) is 21.2 Å². The fourth-order valence-corrected chi connectivity index (χ4v) is 6.43. The molecule has 0 bridgehead atoms. The third-order valence-electron chi connectivity index (χ3n) is 5.78. The summed E-state index contributed by atoms with van der Waals surface area (Å²) in [5, 5.41) is 22.7. The summed E-state index contributed by atoms with van der Waals surface area (Å²) >= 11 is 12.0. The Bertz CT molecular complexity index is 1110. The van der Waals surface area contributed by atoms with Gasteiger partial charge >= 0.3 is 0 Å². The van der Waals surface area contributed by atoms with Crippen LogP contribution in [0, 0.1) is 0 Å². The molecule has 1 aliphatic heterocycles. The molecule has 1 heterocycles. The van der Waals surface area contributed by atoms with Crippen LogP contribution < -0.4 is 15.5 Å². The van der Waals surface area contributed by atoms with Crippen LogP contribution in [-0.4, -0.2) is 47.6 Å². The summed E-state index contributed by atoms with van der Waals surface area (Å²) in [7, 11) is -4.14. The van der Waals surface area contributed by atoms with Crippen molar-refractivity contribution in [2.75, 3.05) is 6.54 Å². The highest BCUT2D eigenvalue weighted by molar-refractivity contribution is 7.92. The fraction of sp³-hybridized carbons (Fsp3) is 0.381. The first-order valence-electron chi connectivity index (χ1n) is 9.76. The number of piperidine rings is 1. The van der Waals surface area contributed by atoms with E-state index in [2.05, 4.69) is 5.32 Å². The molecule has 2 unspecified atom stereocenters. The first-order valence-corrected chi connectivity index (χ1v) is 12.1. The Morgan fingerprint density at radius 1 is 1.22 bits per heavy atom. The van der Waals surface area contributed by atoms with Crippen LogP contribution in [0.1, 0.15) is 25.8 Å². The summed E-state index contributed by atoms with van der Waals surface area (Å²) in [6.45, 7) is 3.42. The van der Waals surface area contributed by atoms with Gasteiger partial charge in [-0.3, -0.25) is 10.0 Å². The van der Waals surface area contributed by atoms with E-state index in [-0.39, 0.29) is 24.5 Å². The van der Waals surface area contributed by atoms with Gasteiger partial charge in [0.2, 0.25) is 0 Å². The minimum absolute atomic E-state index is 0.0248. The maximum absolute atomic E-state index is 13.4. The molecular formula is C21H24Cl2N2O6S. The number of ether oxygens (including phenoxy) is 1. The molecule has 1 fully saturated rings. The summed E-state index contributed by atoms with van der Waals surface area (Å²) < 4.78 is 32.4. The molecule has 2 aromatic carbocycles. The summed E-state index contributed by atoms with van der Waals surface area (Å²) in [5.74, 6) is -0.785. The van der Waals surface area contributed by atoms with E-state index in [0.717, 1.165) is 0 Å². The van der Waals surface area contributed by atoms with E-state index >= 15 is 0 Å². The van der Waals surface area contributed by atoms with E-state index in [1.54, 1.807) is 18.2 Å². The number of amides is 1. The Balaban J connectivity index is 1.84. The second-order valence-corrected chi connectivity index (χ2v) is 11.1. The molecule has 4 N–H and O–H groups in total. The van der Waals surface area contributed by atoms with E-state index in [4.69, 9.17) is 33.1 Å². The van der Waals surface area contributed by atoms with E-state index in [1.807, 2.05) is 0 Å². The van der Waals surface area contributed by atoms with E-state index in [1.165, 1.54) is 43.6 Å². The molecule has 11 heteroatoms. The van der Waals surface area contributed by atoms with Crippen molar-refractivity contribution >= 4 is 38.9 Å². The summed E-state index contributed by atoms with van der Waals surface area (Å²) in [5.41, 5.74) is -1.60. The number of rotatable bonds is 6. The lowest BCUT2D eigenvalue weighted by molar-refractivity contribution is -0.160. The molecule has 2 aromatic rings. The molecule has 0 aromatic heterocycles. The van der Waals surface area contributed by atoms with Gasteiger partial charge in [-0.25, -0.2) is 13.9 Å². The van der Waals surface area contributed by atoms with Gasteiger partial charge in [0.25, 0.3) is 5.91 Å². The van der Waals surface area contributed by atoms with Gasteiger partial charge in [-0.2, -0.15) is 0 Å². The van der Waals surface area contributed by atoms with Gasteiger partial charge in [-0.1, -0.05) is 29.3 Å². The zero-order valence-corrected chi connectivity index (χ0v) is 19.8. The number of hydrogen-bond acceptors (Lipinski definition) is 7. The van der Waals surface area contributed by atoms with E-state index in [9.17, 15) is 18.3 Å². The smallest absolute Gasteiger partial charge is 0.278 e. The van der Waals surface area contributed by atoms with Gasteiger partial charge in [0.15, 0.2) is 15.4 Å². The lowest BCUT2D eigenvalue weighted by Gasteiger charge is -2.49. The van der Waals surface area contributed by atoms with Crippen molar-refractivity contribution in [3.8, 4) is 5.75 Å². The number of nitrogens with one attached hydrogen (secondary N) is 2. The molecule has 0 radical (unpaired) electrons. The minimum Gasteiger partial charge on any atom is -0.489 e. The Morgan fingerprint density at radius 3 is 2.47 bits per heavy atom. The normalized spacial score (nSPS) is 22.9. The summed E-state index contributed by atoms with van der Waals surface area (Å²) in [4.78, 5) is 12.3. The molecule has 1 aliphatic rings. The zero-order chi connectivity index (χ0) is 23.7. The average molecular weight is 503 g/mol. The monoisotopic (exact) mass is 502 g/mol. The molecule has 32 heavy (non-hydrogen) atoms. The van der Waals surface area contributed by atoms with Crippen LogP contribution in [0.2, 0.25) is 10.0 Å². The highest BCUT2D eigenvalue weighted by Gasteiger charge is 2.61. The number of halogens is 2. The second-order valence-electron chi connectivity index (χ2n) is 8.08. The standard InChI is InChI=1S/C21H24Cl2N2O6S/c1-20(2)21(27,19(26)25-28)18(9-10-24-20)32(29,30)16-7-5-15(6-8-16)31-12-13-3-4-14(22)11-17(13)23/h3-8,11,18,24,27-28H,9-10,12H2,1-2H3,(H,25,26). The lowest BCUT2D eigenvalue weighted by Crippen LogP contribution is -2.75. The largest absolute Gasteiger partial charge is 0.489 e. The Kier molecular flexibility index (Phi) is 7.09. The molecule has 0 aliphatic carbocycles. The summed E-state index contributed by atoms with van der Waals surface area (Å²) in [6.07, 6.45) is -0.0248. The second kappa shape index (κ2) is 9.17. The highest BCUT2D eigenvalue weighted by atomic mass is 35.5. The van der Waals surface area contributed by atoms with Crippen molar-refractivity contribution < 1.29 is 28.3 Å². The van der Waals surface area contributed by atoms with Crippen molar-refractivity contribution in [2.45, 2.75) is 48.2 Å². The van der Waals surface area contributed by atoms with E-state index in [0.29, 0.717) is 21.4 Å². The molecule has 174 valence electrons. The maximum Gasteiger partial charge on any atom is 0.278 e. The Morgan fingerprint density at radius 2 is 1.88 bits per heavy atom. The first kappa shape index (κ1) is 24.8. The predicted octanol–water partition coefficient (Wildman–Crippen LogP) is 2.72. The van der Waals surface area contributed by atoms with Crippen LogP contribution in [0.4, 0.5) is 0 Å². The third-order valence-corrected chi connectivity index (χ3v) is 8.62. The number of benzene rings is 2. The van der Waals surface area contributed by atoms with Crippen LogP contribution in [0.3, 0.4) is 0 Å². The predicted molar refractivity (Wildman–Crippen MR) is 120 cm³/mol. The van der Waals surface area contributed by atoms with Crippen molar-refractivity contribution in [1.82, 2.24) is 10.8 Å². The first-order chi connectivity index (χ1) is 14.9. The molecule has 2 atom stereocenters. The number of hydrogen-bond donors (Lipinski definition) is 4. The van der Waals surface area contributed by atoms with Crippen LogP contribution >= 0.6 is 23.2 Å². The Labute approximate surface area is 196 Å². The molecule has 0 saturated carbocycles. The number of carbonyl (C=O) groups excluding carboxylic acids is 1. The maximum atomic E-state index is 13.4. The molecular weight excluding hydrogens is 479 g/mol. The van der Waals surface area contributed by atoms with Crippen molar-refractivity contribution in [2.24, 2.45) is 0 Å². The lowest BCUT2D eigenvalue weighted by atomic mass is 9.75. The van der Waals surface area contributed by atoms with Crippen LogP contribution in [0.25, 0.3) is 0 Å². The van der Waals surface area contributed by atoms with Gasteiger partial charge in [-0.15, -0.1) is 0 Å². The molecule has 0 spiro atoms. The molecule has 8 nitrogen and oxygen atoms in total. The van der Waals surface area contributed by atoms with Crippen LogP contribution in [0.5, 0.6) is 5.75 Å². The third kappa shape index (κ3) is 4.46. The molecule has 1 saturated heterocycles. The van der Waals surface area contributed by atoms with Crippen LogP contribution in [0.15, 0.2) is 47.4 Å². The molecule has 1 amide bonds.